The summed E-state index contributed by atoms with van der Waals surface area (Å²) in [6, 6.07) is 9.13. The van der Waals surface area contributed by atoms with Crippen LogP contribution in [0.3, 0.4) is 0 Å². The molecule has 0 radical (unpaired) electrons. The van der Waals surface area contributed by atoms with Gasteiger partial charge in [-0.3, -0.25) is 10.1 Å². The number of benzene rings is 1. The molecule has 0 aliphatic rings. The van der Waals surface area contributed by atoms with Gasteiger partial charge in [0.1, 0.15) is 0 Å². The number of rotatable bonds is 2. The van der Waals surface area contributed by atoms with Gasteiger partial charge in [0, 0.05) is 5.56 Å². The number of nitrogens with one attached hydrogen (secondary N) is 1. The van der Waals surface area contributed by atoms with Crippen LogP contribution in [-0.4, -0.2) is 10.9 Å². The highest BCUT2D eigenvalue weighted by Crippen LogP contribution is 2.07. The Hall–Kier alpha value is -1.94. The fraction of sp³-hybridized carbons (Fsp3) is 0.143. The Morgan fingerprint density at radius 1 is 1.22 bits per heavy atom. The van der Waals surface area contributed by atoms with E-state index in [1.165, 1.54) is 11.3 Å². The van der Waals surface area contributed by atoms with Crippen molar-refractivity contribution in [1.29, 1.82) is 0 Å². The summed E-state index contributed by atoms with van der Waals surface area (Å²) in [6.45, 7) is 3.90. The number of anilines is 1. The molecular weight excluding hydrogens is 244 g/mol. The predicted molar refractivity (Wildman–Crippen MR) is 76.0 cm³/mol. The zero-order valence-corrected chi connectivity index (χ0v) is 11.1. The van der Waals surface area contributed by atoms with Crippen molar-refractivity contribution < 1.29 is 4.79 Å². The van der Waals surface area contributed by atoms with Gasteiger partial charge < -0.3 is 0 Å². The summed E-state index contributed by atoms with van der Waals surface area (Å²) >= 11 is 1.48. The lowest BCUT2D eigenvalue weighted by molar-refractivity contribution is 0.102. The average Bonchev–Trinajstić information content (AvgIpc) is 2.81. The molecule has 0 bridgehead atoms. The highest BCUT2D eigenvalue weighted by molar-refractivity contribution is 7.13. The zero-order chi connectivity index (χ0) is 13.0. The van der Waals surface area contributed by atoms with Crippen molar-refractivity contribution in [3.63, 3.8) is 0 Å². The van der Waals surface area contributed by atoms with Crippen molar-refractivity contribution in [3.05, 3.63) is 45.8 Å². The van der Waals surface area contributed by atoms with E-state index in [1.54, 1.807) is 12.1 Å². The lowest BCUT2D eigenvalue weighted by Crippen LogP contribution is -2.19. The van der Waals surface area contributed by atoms with E-state index in [2.05, 4.69) is 10.3 Å². The Balaban J connectivity index is 2.26. The van der Waals surface area contributed by atoms with Gasteiger partial charge in [0.15, 0.2) is 5.13 Å². The van der Waals surface area contributed by atoms with Crippen molar-refractivity contribution in [3.8, 4) is 0 Å². The minimum Gasteiger partial charge on any atom is -0.298 e. The third-order valence-corrected chi connectivity index (χ3v) is 3.52. The number of nitrogens with zero attached hydrogens (tertiary/aromatic N) is 1. The monoisotopic (exact) mass is 258 g/mol. The molecule has 0 aliphatic carbocycles. The molecule has 0 saturated heterocycles. The van der Waals surface area contributed by atoms with Crippen LogP contribution in [-0.2, 0) is 0 Å². The van der Waals surface area contributed by atoms with Gasteiger partial charge in [-0.1, -0.05) is 41.7 Å². The summed E-state index contributed by atoms with van der Waals surface area (Å²) in [5.41, 5.74) is 0.636. The van der Waals surface area contributed by atoms with Crippen LogP contribution in [0.1, 0.15) is 24.2 Å². The minimum absolute atomic E-state index is 0.130. The van der Waals surface area contributed by atoms with Crippen LogP contribution in [0.25, 0.3) is 12.2 Å². The molecule has 0 saturated carbocycles. The van der Waals surface area contributed by atoms with Crippen molar-refractivity contribution in [1.82, 2.24) is 4.98 Å². The molecular formula is C14H14N2OS. The fourth-order valence-corrected chi connectivity index (χ4v) is 2.45. The molecule has 0 aliphatic heterocycles. The molecule has 18 heavy (non-hydrogen) atoms. The van der Waals surface area contributed by atoms with Gasteiger partial charge in [-0.05, 0) is 26.0 Å². The lowest BCUT2D eigenvalue weighted by atomic mass is 10.2. The van der Waals surface area contributed by atoms with Crippen LogP contribution in [0, 0.1) is 0 Å². The maximum absolute atomic E-state index is 11.9. The topological polar surface area (TPSA) is 42.0 Å². The Labute approximate surface area is 110 Å². The molecule has 92 valence electrons. The second-order valence-electron chi connectivity index (χ2n) is 3.67. The molecule has 4 heteroatoms. The summed E-state index contributed by atoms with van der Waals surface area (Å²) in [7, 11) is 0. The number of amides is 1. The van der Waals surface area contributed by atoms with E-state index in [4.69, 9.17) is 0 Å². The first kappa shape index (κ1) is 12.5. The molecule has 0 spiro atoms. The highest BCUT2D eigenvalue weighted by atomic mass is 32.1. The molecule has 1 aromatic carbocycles. The van der Waals surface area contributed by atoms with E-state index in [9.17, 15) is 4.79 Å². The summed E-state index contributed by atoms with van der Waals surface area (Å²) in [5, 5.41) is 4.35. The van der Waals surface area contributed by atoms with E-state index >= 15 is 0 Å². The number of thiazole rings is 1. The van der Waals surface area contributed by atoms with Crippen molar-refractivity contribution >= 4 is 34.5 Å². The first-order valence-corrected chi connectivity index (χ1v) is 6.52. The Morgan fingerprint density at radius 2 is 1.94 bits per heavy atom. The normalized spacial score (nSPS) is 12.8. The van der Waals surface area contributed by atoms with Gasteiger partial charge in [-0.25, -0.2) is 4.98 Å². The van der Waals surface area contributed by atoms with Crippen molar-refractivity contribution in [2.24, 2.45) is 0 Å². The Morgan fingerprint density at radius 3 is 2.50 bits per heavy atom. The van der Waals surface area contributed by atoms with E-state index in [1.807, 2.05) is 44.2 Å². The number of aromatic nitrogens is 1. The lowest BCUT2D eigenvalue weighted by Gasteiger charge is -2.00. The summed E-state index contributed by atoms with van der Waals surface area (Å²) in [6.07, 6.45) is 3.93. The molecule has 1 aromatic heterocycles. The molecule has 1 amide bonds. The van der Waals surface area contributed by atoms with Crippen LogP contribution in [0.5, 0.6) is 0 Å². The predicted octanol–water partition coefficient (Wildman–Crippen LogP) is 2.00. The minimum atomic E-state index is -0.130. The first-order valence-electron chi connectivity index (χ1n) is 5.70. The standard InChI is InChI=1S/C14H14N2OS/c1-3-11-12(4-2)18-14(15-11)16-13(17)10-8-6-5-7-9-10/h3-9H,1-2H3,(H,15,16,17)/b11-3+,12-4+. The van der Waals surface area contributed by atoms with E-state index in [0.29, 0.717) is 10.7 Å². The van der Waals surface area contributed by atoms with Crippen LogP contribution in [0.2, 0.25) is 0 Å². The van der Waals surface area contributed by atoms with Crippen LogP contribution in [0.15, 0.2) is 30.3 Å². The molecule has 3 nitrogen and oxygen atoms in total. The second kappa shape index (κ2) is 5.60. The maximum atomic E-state index is 11.9. The summed E-state index contributed by atoms with van der Waals surface area (Å²) < 4.78 is 1.07. The molecule has 0 atom stereocenters. The Bertz CT molecular complexity index is 627. The Kier molecular flexibility index (Phi) is 3.89. The summed E-state index contributed by atoms with van der Waals surface area (Å²) in [4.78, 5) is 16.3. The molecule has 1 N–H and O–H groups in total. The van der Waals surface area contributed by atoms with Gasteiger partial charge >= 0.3 is 0 Å². The SMILES string of the molecule is C/C=c1/nc(NC(=O)c2ccccc2)s/c1=C/C. The first-order chi connectivity index (χ1) is 8.74. The second-order valence-corrected chi connectivity index (χ2v) is 4.70. The van der Waals surface area contributed by atoms with Crippen LogP contribution in [0.4, 0.5) is 5.13 Å². The van der Waals surface area contributed by atoms with Crippen LogP contribution < -0.4 is 15.2 Å². The van der Waals surface area contributed by atoms with Crippen molar-refractivity contribution in [2.45, 2.75) is 13.8 Å². The summed E-state index contributed by atoms with van der Waals surface area (Å²) in [5.74, 6) is -0.130. The van der Waals surface area contributed by atoms with Gasteiger partial charge in [0.05, 0.1) is 9.88 Å². The van der Waals surface area contributed by atoms with E-state index < -0.39 is 0 Å². The molecule has 0 unspecified atom stereocenters. The molecule has 2 aromatic rings. The van der Waals surface area contributed by atoms with Gasteiger partial charge in [0.25, 0.3) is 5.91 Å². The largest absolute Gasteiger partial charge is 0.298 e. The molecule has 2 rings (SSSR count). The smallest absolute Gasteiger partial charge is 0.257 e. The number of carbonyl (C=O) groups excluding carboxylic acids is 1. The molecule has 1 heterocycles. The number of carbonyl (C=O) groups is 1. The van der Waals surface area contributed by atoms with Gasteiger partial charge in [-0.15, -0.1) is 0 Å². The third kappa shape index (κ3) is 2.65. The van der Waals surface area contributed by atoms with E-state index in [-0.39, 0.29) is 5.91 Å². The number of hydrogen-bond donors (Lipinski definition) is 1. The fourth-order valence-electron chi connectivity index (χ4n) is 1.57. The maximum Gasteiger partial charge on any atom is 0.257 e. The van der Waals surface area contributed by atoms with Crippen LogP contribution >= 0.6 is 11.3 Å². The highest BCUT2D eigenvalue weighted by Gasteiger charge is 2.07. The average molecular weight is 258 g/mol. The van der Waals surface area contributed by atoms with E-state index in [0.717, 1.165) is 9.88 Å². The quantitative estimate of drug-likeness (QED) is 0.895. The van der Waals surface area contributed by atoms with Gasteiger partial charge in [-0.2, -0.15) is 0 Å². The zero-order valence-electron chi connectivity index (χ0n) is 10.3. The molecule has 0 fully saturated rings. The van der Waals surface area contributed by atoms with Gasteiger partial charge in [0.2, 0.25) is 0 Å². The van der Waals surface area contributed by atoms with Crippen molar-refractivity contribution in [2.75, 3.05) is 5.32 Å². The number of hydrogen-bond acceptors (Lipinski definition) is 3. The third-order valence-electron chi connectivity index (χ3n) is 2.47.